The van der Waals surface area contributed by atoms with Crippen molar-refractivity contribution in [2.45, 2.75) is 24.4 Å². The second kappa shape index (κ2) is 5.51. The largest absolute Gasteiger partial charge is 0.397 e. The summed E-state index contributed by atoms with van der Waals surface area (Å²) in [6.07, 6.45) is 3.55. The van der Waals surface area contributed by atoms with Crippen molar-refractivity contribution in [3.63, 3.8) is 0 Å². The van der Waals surface area contributed by atoms with E-state index in [0.29, 0.717) is 17.9 Å². The standard InChI is InChI=1S/C12H17N5O2S/c1-9(8-17-6-2-5-15-17)16-12-7-10(20(14,18)19)3-4-11(12)13/h2-7,9,16H,8,13H2,1H3,(H2,14,18,19). The van der Waals surface area contributed by atoms with Gasteiger partial charge in [-0.3, -0.25) is 4.68 Å². The number of nitrogen functional groups attached to an aromatic ring is 1. The van der Waals surface area contributed by atoms with Gasteiger partial charge in [-0.2, -0.15) is 5.10 Å². The number of rotatable bonds is 5. The van der Waals surface area contributed by atoms with Crippen LogP contribution in [0.1, 0.15) is 6.92 Å². The molecule has 1 heterocycles. The summed E-state index contributed by atoms with van der Waals surface area (Å²) in [5.41, 5.74) is 6.83. The predicted octanol–water partition coefficient (Wildman–Crippen LogP) is 0.613. The van der Waals surface area contributed by atoms with Crippen molar-refractivity contribution >= 4 is 21.4 Å². The van der Waals surface area contributed by atoms with Gasteiger partial charge in [0.2, 0.25) is 10.0 Å². The van der Waals surface area contributed by atoms with Gasteiger partial charge in [0.15, 0.2) is 0 Å². The minimum Gasteiger partial charge on any atom is -0.397 e. The minimum atomic E-state index is -3.74. The van der Waals surface area contributed by atoms with Gasteiger partial charge in [0.05, 0.1) is 22.8 Å². The van der Waals surface area contributed by atoms with Crippen LogP contribution in [0.3, 0.4) is 0 Å². The van der Waals surface area contributed by atoms with Gasteiger partial charge in [0, 0.05) is 18.4 Å². The highest BCUT2D eigenvalue weighted by Crippen LogP contribution is 2.23. The molecule has 1 atom stereocenters. The second-order valence-corrected chi connectivity index (χ2v) is 6.13. The lowest BCUT2D eigenvalue weighted by atomic mass is 10.2. The molecular weight excluding hydrogens is 278 g/mol. The van der Waals surface area contributed by atoms with E-state index in [4.69, 9.17) is 10.9 Å². The van der Waals surface area contributed by atoms with E-state index in [9.17, 15) is 8.42 Å². The summed E-state index contributed by atoms with van der Waals surface area (Å²) in [4.78, 5) is 0.0282. The molecule has 0 saturated carbocycles. The zero-order chi connectivity index (χ0) is 14.8. The molecule has 0 aliphatic heterocycles. The van der Waals surface area contributed by atoms with Crippen LogP contribution in [0.5, 0.6) is 0 Å². The van der Waals surface area contributed by atoms with E-state index in [2.05, 4.69) is 10.4 Å². The summed E-state index contributed by atoms with van der Waals surface area (Å²) in [6.45, 7) is 2.58. The van der Waals surface area contributed by atoms with Crippen molar-refractivity contribution in [3.05, 3.63) is 36.7 Å². The van der Waals surface area contributed by atoms with Crippen molar-refractivity contribution in [3.8, 4) is 0 Å². The molecule has 5 N–H and O–H groups in total. The van der Waals surface area contributed by atoms with Crippen LogP contribution in [-0.4, -0.2) is 24.2 Å². The Morgan fingerprint density at radius 2 is 2.20 bits per heavy atom. The molecule has 0 spiro atoms. The third-order valence-electron chi connectivity index (χ3n) is 2.78. The van der Waals surface area contributed by atoms with Crippen LogP contribution < -0.4 is 16.2 Å². The van der Waals surface area contributed by atoms with Crippen molar-refractivity contribution in [1.29, 1.82) is 0 Å². The molecule has 0 amide bonds. The fourth-order valence-electron chi connectivity index (χ4n) is 1.84. The number of aromatic nitrogens is 2. The number of nitrogens with one attached hydrogen (secondary N) is 1. The Kier molecular flexibility index (Phi) is 3.96. The van der Waals surface area contributed by atoms with Gasteiger partial charge in [-0.25, -0.2) is 13.6 Å². The summed E-state index contributed by atoms with van der Waals surface area (Å²) < 4.78 is 24.4. The molecule has 2 aromatic rings. The highest BCUT2D eigenvalue weighted by Gasteiger charge is 2.12. The Morgan fingerprint density at radius 1 is 1.45 bits per heavy atom. The van der Waals surface area contributed by atoms with Crippen molar-refractivity contribution < 1.29 is 8.42 Å². The molecule has 108 valence electrons. The van der Waals surface area contributed by atoms with Gasteiger partial charge in [0.25, 0.3) is 0 Å². The molecule has 7 nitrogen and oxygen atoms in total. The van der Waals surface area contributed by atoms with Gasteiger partial charge in [-0.05, 0) is 31.2 Å². The van der Waals surface area contributed by atoms with Gasteiger partial charge >= 0.3 is 0 Å². The summed E-state index contributed by atoms with van der Waals surface area (Å²) in [7, 11) is -3.74. The van der Waals surface area contributed by atoms with Gasteiger partial charge in [0.1, 0.15) is 0 Å². The molecule has 1 aromatic heterocycles. The van der Waals surface area contributed by atoms with Crippen LogP contribution in [-0.2, 0) is 16.6 Å². The van der Waals surface area contributed by atoms with E-state index < -0.39 is 10.0 Å². The van der Waals surface area contributed by atoms with Crippen LogP contribution in [0.4, 0.5) is 11.4 Å². The number of hydrogen-bond donors (Lipinski definition) is 3. The number of anilines is 2. The zero-order valence-corrected chi connectivity index (χ0v) is 11.8. The maximum absolute atomic E-state index is 11.3. The first kappa shape index (κ1) is 14.4. The summed E-state index contributed by atoms with van der Waals surface area (Å²) in [5, 5.41) is 12.4. The first-order chi connectivity index (χ1) is 9.36. The van der Waals surface area contributed by atoms with E-state index in [-0.39, 0.29) is 10.9 Å². The summed E-state index contributed by atoms with van der Waals surface area (Å²) in [5.74, 6) is 0. The first-order valence-electron chi connectivity index (χ1n) is 6.02. The van der Waals surface area contributed by atoms with Crippen molar-refractivity contribution in [1.82, 2.24) is 9.78 Å². The SMILES string of the molecule is CC(Cn1cccn1)Nc1cc(S(N)(=O)=O)ccc1N. The highest BCUT2D eigenvalue weighted by molar-refractivity contribution is 7.89. The van der Waals surface area contributed by atoms with Crippen molar-refractivity contribution in [2.75, 3.05) is 11.1 Å². The van der Waals surface area contributed by atoms with E-state index in [0.717, 1.165) is 0 Å². The number of hydrogen-bond acceptors (Lipinski definition) is 5. The van der Waals surface area contributed by atoms with Crippen LogP contribution >= 0.6 is 0 Å². The molecule has 20 heavy (non-hydrogen) atoms. The monoisotopic (exact) mass is 295 g/mol. The van der Waals surface area contributed by atoms with E-state index in [1.54, 1.807) is 10.9 Å². The van der Waals surface area contributed by atoms with Gasteiger partial charge in [-0.15, -0.1) is 0 Å². The minimum absolute atomic E-state index is 0.0212. The lowest BCUT2D eigenvalue weighted by Gasteiger charge is -2.17. The third-order valence-corrected chi connectivity index (χ3v) is 3.69. The predicted molar refractivity (Wildman–Crippen MR) is 77.5 cm³/mol. The van der Waals surface area contributed by atoms with Crippen LogP contribution in [0.25, 0.3) is 0 Å². The number of nitrogens with two attached hydrogens (primary N) is 2. The normalized spacial score (nSPS) is 13.1. The Morgan fingerprint density at radius 3 is 2.80 bits per heavy atom. The maximum atomic E-state index is 11.3. The Bertz CT molecular complexity index is 682. The van der Waals surface area contributed by atoms with E-state index in [1.165, 1.54) is 18.2 Å². The summed E-state index contributed by atoms with van der Waals surface area (Å²) >= 11 is 0. The lowest BCUT2D eigenvalue weighted by Crippen LogP contribution is -2.23. The number of benzene rings is 1. The maximum Gasteiger partial charge on any atom is 0.238 e. The molecule has 0 radical (unpaired) electrons. The second-order valence-electron chi connectivity index (χ2n) is 4.57. The average Bonchev–Trinajstić information content (AvgIpc) is 2.83. The lowest BCUT2D eigenvalue weighted by molar-refractivity contribution is 0.561. The van der Waals surface area contributed by atoms with Crippen molar-refractivity contribution in [2.24, 2.45) is 5.14 Å². The van der Waals surface area contributed by atoms with E-state index in [1.807, 2.05) is 19.2 Å². The van der Waals surface area contributed by atoms with Crippen LogP contribution in [0.2, 0.25) is 0 Å². The first-order valence-corrected chi connectivity index (χ1v) is 7.57. The molecule has 0 saturated heterocycles. The zero-order valence-electron chi connectivity index (χ0n) is 11.0. The third kappa shape index (κ3) is 3.49. The molecule has 1 unspecified atom stereocenters. The molecule has 0 fully saturated rings. The molecule has 2 rings (SSSR count). The van der Waals surface area contributed by atoms with Crippen LogP contribution in [0, 0.1) is 0 Å². The highest BCUT2D eigenvalue weighted by atomic mass is 32.2. The molecule has 0 aliphatic carbocycles. The van der Waals surface area contributed by atoms with Crippen LogP contribution in [0.15, 0.2) is 41.6 Å². The van der Waals surface area contributed by atoms with Gasteiger partial charge < -0.3 is 11.1 Å². The molecule has 8 heteroatoms. The number of nitrogens with zero attached hydrogens (tertiary/aromatic N) is 2. The molecule has 0 aliphatic rings. The fraction of sp³-hybridized carbons (Fsp3) is 0.250. The summed E-state index contributed by atoms with van der Waals surface area (Å²) in [6, 6.07) is 6.19. The fourth-order valence-corrected chi connectivity index (χ4v) is 2.38. The van der Waals surface area contributed by atoms with Gasteiger partial charge in [-0.1, -0.05) is 0 Å². The smallest absolute Gasteiger partial charge is 0.238 e. The Hall–Kier alpha value is -2.06. The number of primary sulfonamides is 1. The molecule has 1 aromatic carbocycles. The Balaban J connectivity index is 2.16. The quantitative estimate of drug-likeness (QED) is 0.699. The topological polar surface area (TPSA) is 116 Å². The number of sulfonamides is 1. The molecule has 0 bridgehead atoms. The Labute approximate surface area is 117 Å². The molecular formula is C12H17N5O2S. The average molecular weight is 295 g/mol. The van der Waals surface area contributed by atoms with E-state index >= 15 is 0 Å².